The smallest absolute Gasteiger partial charge is 0.132 e. The molecule has 0 fully saturated rings. The molecule has 0 aliphatic rings. The molecule has 0 aliphatic carbocycles. The molecule has 5 heteroatoms. The van der Waals surface area contributed by atoms with Crippen LogP contribution in [0.2, 0.25) is 10.0 Å². The largest absolute Gasteiger partial charge is 0.496 e. The first-order chi connectivity index (χ1) is 9.04. The number of rotatable bonds is 3. The number of nitrogens with two attached hydrogens (primary N) is 1. The van der Waals surface area contributed by atoms with Crippen LogP contribution in [0.5, 0.6) is 5.75 Å². The van der Waals surface area contributed by atoms with Crippen molar-refractivity contribution in [3.8, 4) is 5.75 Å². The Kier molecular flexibility index (Phi) is 4.30. The van der Waals surface area contributed by atoms with Gasteiger partial charge in [0.1, 0.15) is 11.6 Å². The van der Waals surface area contributed by atoms with Gasteiger partial charge in [-0.1, -0.05) is 35.3 Å². The fourth-order valence-corrected chi connectivity index (χ4v) is 2.43. The number of hydrogen-bond donors (Lipinski definition) is 1. The van der Waals surface area contributed by atoms with Crippen LogP contribution in [-0.4, -0.2) is 7.11 Å². The zero-order chi connectivity index (χ0) is 14.0. The molecule has 0 aromatic heterocycles. The van der Waals surface area contributed by atoms with E-state index in [1.807, 2.05) is 0 Å². The molecule has 0 saturated carbocycles. The number of ether oxygens (including phenoxy) is 1. The first-order valence-corrected chi connectivity index (χ1v) is 6.33. The summed E-state index contributed by atoms with van der Waals surface area (Å²) in [4.78, 5) is 0. The van der Waals surface area contributed by atoms with Crippen molar-refractivity contribution in [3.05, 3.63) is 63.4 Å². The average molecular weight is 300 g/mol. The maximum atomic E-state index is 14.0. The van der Waals surface area contributed by atoms with Gasteiger partial charge in [0.2, 0.25) is 0 Å². The van der Waals surface area contributed by atoms with Crippen molar-refractivity contribution in [1.82, 2.24) is 0 Å². The van der Waals surface area contributed by atoms with E-state index in [1.165, 1.54) is 13.2 Å². The fourth-order valence-electron chi connectivity index (χ4n) is 1.91. The zero-order valence-electron chi connectivity index (χ0n) is 10.2. The van der Waals surface area contributed by atoms with Crippen LogP contribution in [0.25, 0.3) is 0 Å². The van der Waals surface area contributed by atoms with E-state index in [2.05, 4.69) is 0 Å². The van der Waals surface area contributed by atoms with E-state index in [0.29, 0.717) is 21.4 Å². The summed E-state index contributed by atoms with van der Waals surface area (Å²) in [5.74, 6) is -0.0450. The third-order valence-electron chi connectivity index (χ3n) is 2.84. The molecule has 2 N–H and O–H groups in total. The van der Waals surface area contributed by atoms with Crippen LogP contribution in [0.4, 0.5) is 4.39 Å². The second-order valence-corrected chi connectivity index (χ2v) is 4.84. The predicted octanol–water partition coefficient (Wildman–Crippen LogP) is 4.19. The van der Waals surface area contributed by atoms with E-state index < -0.39 is 11.9 Å². The van der Waals surface area contributed by atoms with E-state index >= 15 is 0 Å². The molecule has 0 spiro atoms. The second kappa shape index (κ2) is 5.78. The van der Waals surface area contributed by atoms with Crippen molar-refractivity contribution in [1.29, 1.82) is 0 Å². The van der Waals surface area contributed by atoms with Crippen molar-refractivity contribution >= 4 is 23.2 Å². The van der Waals surface area contributed by atoms with Gasteiger partial charge < -0.3 is 10.5 Å². The molecular formula is C14H12Cl2FNO. The lowest BCUT2D eigenvalue weighted by Gasteiger charge is -2.18. The van der Waals surface area contributed by atoms with Crippen molar-refractivity contribution in [2.24, 2.45) is 5.73 Å². The molecule has 2 rings (SSSR count). The van der Waals surface area contributed by atoms with E-state index in [1.54, 1.807) is 30.3 Å². The Morgan fingerprint density at radius 1 is 1.21 bits per heavy atom. The second-order valence-electron chi connectivity index (χ2n) is 4.00. The SMILES string of the molecule is COc1cccc(F)c1C(N)c1ccc(Cl)cc1Cl. The van der Waals surface area contributed by atoms with Crippen molar-refractivity contribution in [3.63, 3.8) is 0 Å². The molecule has 19 heavy (non-hydrogen) atoms. The molecule has 2 aromatic rings. The van der Waals surface area contributed by atoms with E-state index in [4.69, 9.17) is 33.7 Å². The maximum Gasteiger partial charge on any atom is 0.132 e. The van der Waals surface area contributed by atoms with Gasteiger partial charge >= 0.3 is 0 Å². The van der Waals surface area contributed by atoms with Gasteiger partial charge in [-0.25, -0.2) is 4.39 Å². The highest BCUT2D eigenvalue weighted by Gasteiger charge is 2.20. The van der Waals surface area contributed by atoms with Gasteiger partial charge in [0, 0.05) is 10.0 Å². The van der Waals surface area contributed by atoms with Gasteiger partial charge in [-0.3, -0.25) is 0 Å². The summed E-state index contributed by atoms with van der Waals surface area (Å²) < 4.78 is 19.1. The minimum Gasteiger partial charge on any atom is -0.496 e. The summed E-state index contributed by atoms with van der Waals surface area (Å²) in [6.45, 7) is 0. The van der Waals surface area contributed by atoms with Crippen molar-refractivity contribution in [2.45, 2.75) is 6.04 Å². The summed E-state index contributed by atoms with van der Waals surface area (Å²) in [6.07, 6.45) is 0. The Labute approximate surface area is 120 Å². The predicted molar refractivity (Wildman–Crippen MR) is 75.4 cm³/mol. The molecule has 1 unspecified atom stereocenters. The van der Waals surface area contributed by atoms with E-state index in [-0.39, 0.29) is 5.56 Å². The van der Waals surface area contributed by atoms with Crippen LogP contribution in [0.1, 0.15) is 17.2 Å². The third kappa shape index (κ3) is 2.84. The molecule has 0 saturated heterocycles. The normalized spacial score (nSPS) is 12.3. The number of halogens is 3. The Bertz CT molecular complexity index is 604. The Morgan fingerprint density at radius 2 is 1.95 bits per heavy atom. The first kappa shape index (κ1) is 14.1. The minimum atomic E-state index is -0.721. The molecule has 2 nitrogen and oxygen atoms in total. The van der Waals surface area contributed by atoms with Crippen LogP contribution in [0.3, 0.4) is 0 Å². The minimum absolute atomic E-state index is 0.272. The molecule has 1 atom stereocenters. The Morgan fingerprint density at radius 3 is 2.58 bits per heavy atom. The number of benzene rings is 2. The van der Waals surface area contributed by atoms with Gasteiger partial charge in [0.25, 0.3) is 0 Å². The monoisotopic (exact) mass is 299 g/mol. The molecule has 0 radical (unpaired) electrons. The van der Waals surface area contributed by atoms with E-state index in [0.717, 1.165) is 0 Å². The lowest BCUT2D eigenvalue weighted by molar-refractivity contribution is 0.402. The molecule has 0 bridgehead atoms. The standard InChI is InChI=1S/C14H12Cl2FNO/c1-19-12-4-2-3-11(17)13(12)14(18)9-6-5-8(15)7-10(9)16/h2-7,14H,18H2,1H3. The molecule has 0 heterocycles. The zero-order valence-corrected chi connectivity index (χ0v) is 11.7. The highest BCUT2D eigenvalue weighted by Crippen LogP contribution is 2.34. The third-order valence-corrected chi connectivity index (χ3v) is 3.40. The first-order valence-electron chi connectivity index (χ1n) is 5.57. The summed E-state index contributed by atoms with van der Waals surface area (Å²) in [5, 5.41) is 0.895. The molecule has 2 aromatic carbocycles. The number of hydrogen-bond acceptors (Lipinski definition) is 2. The summed E-state index contributed by atoms with van der Waals surface area (Å²) in [7, 11) is 1.47. The Balaban J connectivity index is 2.52. The average Bonchev–Trinajstić information content (AvgIpc) is 2.37. The summed E-state index contributed by atoms with van der Waals surface area (Å²) in [5.41, 5.74) is 6.96. The fraction of sp³-hybridized carbons (Fsp3) is 0.143. The topological polar surface area (TPSA) is 35.2 Å². The maximum absolute atomic E-state index is 14.0. The van der Waals surface area contributed by atoms with Gasteiger partial charge in [-0.15, -0.1) is 0 Å². The van der Waals surface area contributed by atoms with Gasteiger partial charge in [0.05, 0.1) is 18.7 Å². The lowest BCUT2D eigenvalue weighted by atomic mass is 9.98. The molecular weight excluding hydrogens is 288 g/mol. The van der Waals surface area contributed by atoms with Crippen LogP contribution >= 0.6 is 23.2 Å². The highest BCUT2D eigenvalue weighted by atomic mass is 35.5. The van der Waals surface area contributed by atoms with Crippen molar-refractivity contribution < 1.29 is 9.13 Å². The molecule has 100 valence electrons. The van der Waals surface area contributed by atoms with E-state index in [9.17, 15) is 4.39 Å². The van der Waals surface area contributed by atoms with Crippen LogP contribution in [0.15, 0.2) is 36.4 Å². The lowest BCUT2D eigenvalue weighted by Crippen LogP contribution is -2.15. The van der Waals surface area contributed by atoms with Crippen LogP contribution < -0.4 is 10.5 Å². The number of methoxy groups -OCH3 is 1. The van der Waals surface area contributed by atoms with Gasteiger partial charge in [-0.05, 0) is 29.8 Å². The summed E-state index contributed by atoms with van der Waals surface area (Å²) >= 11 is 11.9. The molecule has 0 amide bonds. The summed E-state index contributed by atoms with van der Waals surface area (Å²) in [6, 6.07) is 8.75. The highest BCUT2D eigenvalue weighted by molar-refractivity contribution is 6.35. The van der Waals surface area contributed by atoms with Crippen molar-refractivity contribution in [2.75, 3.05) is 7.11 Å². The van der Waals surface area contributed by atoms with Gasteiger partial charge in [-0.2, -0.15) is 0 Å². The van der Waals surface area contributed by atoms with Gasteiger partial charge in [0.15, 0.2) is 0 Å². The van der Waals surface area contributed by atoms with Crippen LogP contribution in [0, 0.1) is 5.82 Å². The molecule has 0 aliphatic heterocycles. The van der Waals surface area contributed by atoms with Crippen LogP contribution in [-0.2, 0) is 0 Å². The Hall–Kier alpha value is -1.29. The quantitative estimate of drug-likeness (QED) is 0.922.